The first-order chi connectivity index (χ1) is 9.39. The highest BCUT2D eigenvalue weighted by Crippen LogP contribution is 2.38. The highest BCUT2D eigenvalue weighted by atomic mass is 79.9. The molecule has 20 heavy (non-hydrogen) atoms. The van der Waals surface area contributed by atoms with Crippen LogP contribution in [0, 0.1) is 5.41 Å². The molecule has 0 aliphatic heterocycles. The van der Waals surface area contributed by atoms with Crippen LogP contribution in [-0.4, -0.2) is 20.8 Å². The molecule has 1 fully saturated rings. The Morgan fingerprint density at radius 2 is 1.75 bits per heavy atom. The van der Waals surface area contributed by atoms with Crippen LogP contribution in [0.5, 0.6) is 5.75 Å². The van der Waals surface area contributed by atoms with Gasteiger partial charge in [-0.05, 0) is 37.1 Å². The summed E-state index contributed by atoms with van der Waals surface area (Å²) in [5, 5.41) is 0. The Morgan fingerprint density at radius 3 is 2.30 bits per heavy atom. The quantitative estimate of drug-likeness (QED) is 0.712. The predicted molar refractivity (Wildman–Crippen MR) is 84.8 cm³/mol. The lowest BCUT2D eigenvalue weighted by Crippen LogP contribution is -2.36. The molecule has 6 heteroatoms. The Labute approximate surface area is 133 Å². The lowest BCUT2D eigenvalue weighted by atomic mass is 9.76. The molecular formula is C14H18BrClO3S. The van der Waals surface area contributed by atoms with E-state index in [0.29, 0.717) is 6.61 Å². The molecular weight excluding hydrogens is 364 g/mol. The van der Waals surface area contributed by atoms with E-state index in [1.54, 1.807) is 0 Å². The van der Waals surface area contributed by atoms with Crippen LogP contribution >= 0.6 is 26.6 Å². The van der Waals surface area contributed by atoms with E-state index < -0.39 is 9.05 Å². The van der Waals surface area contributed by atoms with Crippen molar-refractivity contribution in [3.8, 4) is 5.75 Å². The van der Waals surface area contributed by atoms with E-state index in [1.807, 2.05) is 24.3 Å². The number of rotatable bonds is 5. The third-order valence-electron chi connectivity index (χ3n) is 3.75. The molecule has 0 heterocycles. The Morgan fingerprint density at radius 1 is 1.15 bits per heavy atom. The minimum absolute atomic E-state index is 0.00190. The van der Waals surface area contributed by atoms with Crippen LogP contribution < -0.4 is 4.74 Å². The van der Waals surface area contributed by atoms with Gasteiger partial charge < -0.3 is 4.74 Å². The molecule has 0 amide bonds. The molecule has 1 aromatic rings. The summed E-state index contributed by atoms with van der Waals surface area (Å²) in [6.45, 7) is 0.403. The van der Waals surface area contributed by atoms with Gasteiger partial charge in [0.15, 0.2) is 0 Å². The highest BCUT2D eigenvalue weighted by molar-refractivity contribution is 9.10. The standard InChI is InChI=1S/C14H18BrClO3S/c15-12-4-6-13(7-5-12)19-10-14(11-20(16,17)18)8-2-1-3-9-14/h4-7H,1-3,8-11H2. The largest absolute Gasteiger partial charge is 0.493 e. The van der Waals surface area contributed by atoms with Gasteiger partial charge in [-0.2, -0.15) is 0 Å². The Bertz CT molecular complexity index is 536. The monoisotopic (exact) mass is 380 g/mol. The minimum Gasteiger partial charge on any atom is -0.493 e. The summed E-state index contributed by atoms with van der Waals surface area (Å²) in [4.78, 5) is 0. The van der Waals surface area contributed by atoms with Crippen LogP contribution in [-0.2, 0) is 9.05 Å². The molecule has 0 spiro atoms. The second-order valence-corrected chi connectivity index (χ2v) is 9.18. The zero-order valence-corrected chi connectivity index (χ0v) is 14.3. The zero-order valence-electron chi connectivity index (χ0n) is 11.1. The van der Waals surface area contributed by atoms with E-state index in [2.05, 4.69) is 15.9 Å². The van der Waals surface area contributed by atoms with Crippen LogP contribution in [0.2, 0.25) is 0 Å². The average molecular weight is 382 g/mol. The first kappa shape index (κ1) is 16.1. The predicted octanol–water partition coefficient (Wildman–Crippen LogP) is 4.35. The van der Waals surface area contributed by atoms with E-state index in [4.69, 9.17) is 15.4 Å². The third kappa shape index (κ3) is 4.93. The fourth-order valence-electron chi connectivity index (χ4n) is 2.77. The summed E-state index contributed by atoms with van der Waals surface area (Å²) in [6.07, 6.45) is 4.94. The van der Waals surface area contributed by atoms with Crippen LogP contribution in [0.3, 0.4) is 0 Å². The zero-order chi connectivity index (χ0) is 14.6. The molecule has 1 aliphatic rings. The summed E-state index contributed by atoms with van der Waals surface area (Å²) in [6, 6.07) is 7.55. The van der Waals surface area contributed by atoms with Gasteiger partial charge in [0.25, 0.3) is 0 Å². The fourth-order valence-corrected chi connectivity index (χ4v) is 4.83. The SMILES string of the molecule is O=S(=O)(Cl)CC1(COc2ccc(Br)cc2)CCCCC1. The fraction of sp³-hybridized carbons (Fsp3) is 0.571. The van der Waals surface area contributed by atoms with Crippen molar-refractivity contribution in [2.24, 2.45) is 5.41 Å². The van der Waals surface area contributed by atoms with Gasteiger partial charge in [0.2, 0.25) is 9.05 Å². The van der Waals surface area contributed by atoms with Gasteiger partial charge in [-0.3, -0.25) is 0 Å². The highest BCUT2D eigenvalue weighted by Gasteiger charge is 2.37. The molecule has 0 aromatic heterocycles. The maximum Gasteiger partial charge on any atom is 0.233 e. The van der Waals surface area contributed by atoms with Gasteiger partial charge >= 0.3 is 0 Å². The normalized spacial score (nSPS) is 18.7. The molecule has 0 bridgehead atoms. The maximum atomic E-state index is 11.5. The van der Waals surface area contributed by atoms with Crippen LogP contribution in [0.25, 0.3) is 0 Å². The third-order valence-corrected chi connectivity index (χ3v) is 5.56. The van der Waals surface area contributed by atoms with Crippen LogP contribution in [0.15, 0.2) is 28.7 Å². The molecule has 1 aromatic carbocycles. The minimum atomic E-state index is -3.51. The van der Waals surface area contributed by atoms with Crippen molar-refractivity contribution in [3.63, 3.8) is 0 Å². The average Bonchev–Trinajstić information content (AvgIpc) is 2.37. The molecule has 0 saturated heterocycles. The smallest absolute Gasteiger partial charge is 0.233 e. The Hall–Kier alpha value is -0.260. The lowest BCUT2D eigenvalue weighted by Gasteiger charge is -2.35. The number of hydrogen-bond acceptors (Lipinski definition) is 3. The van der Waals surface area contributed by atoms with Crippen molar-refractivity contribution < 1.29 is 13.2 Å². The van der Waals surface area contributed by atoms with E-state index in [1.165, 1.54) is 0 Å². The second-order valence-electron chi connectivity index (χ2n) is 5.49. The van der Waals surface area contributed by atoms with Gasteiger partial charge in [0.05, 0.1) is 12.4 Å². The molecule has 0 N–H and O–H groups in total. The molecule has 1 aliphatic carbocycles. The molecule has 112 valence electrons. The van der Waals surface area contributed by atoms with Gasteiger partial charge in [-0.15, -0.1) is 0 Å². The molecule has 2 rings (SSSR count). The number of benzene rings is 1. The number of hydrogen-bond donors (Lipinski definition) is 0. The van der Waals surface area contributed by atoms with Crippen molar-refractivity contribution >= 4 is 35.7 Å². The first-order valence-electron chi connectivity index (χ1n) is 6.69. The number of halogens is 2. The van der Waals surface area contributed by atoms with E-state index in [-0.39, 0.29) is 11.2 Å². The van der Waals surface area contributed by atoms with Crippen molar-refractivity contribution in [3.05, 3.63) is 28.7 Å². The van der Waals surface area contributed by atoms with Crippen LogP contribution in [0.1, 0.15) is 32.1 Å². The van der Waals surface area contributed by atoms with Crippen molar-refractivity contribution in [2.45, 2.75) is 32.1 Å². The molecule has 1 saturated carbocycles. The van der Waals surface area contributed by atoms with Crippen LogP contribution in [0.4, 0.5) is 0 Å². The Kier molecular flexibility index (Phi) is 5.37. The molecule has 0 atom stereocenters. The lowest BCUT2D eigenvalue weighted by molar-refractivity contribution is 0.119. The molecule has 0 radical (unpaired) electrons. The van der Waals surface area contributed by atoms with Gasteiger partial charge in [-0.25, -0.2) is 8.42 Å². The summed E-state index contributed by atoms with van der Waals surface area (Å²) < 4.78 is 29.7. The van der Waals surface area contributed by atoms with Gasteiger partial charge in [-0.1, -0.05) is 35.2 Å². The van der Waals surface area contributed by atoms with E-state index >= 15 is 0 Å². The summed E-state index contributed by atoms with van der Waals surface area (Å²) in [7, 11) is 1.96. The second kappa shape index (κ2) is 6.67. The van der Waals surface area contributed by atoms with E-state index in [9.17, 15) is 8.42 Å². The summed E-state index contributed by atoms with van der Waals surface area (Å²) >= 11 is 3.37. The van der Waals surface area contributed by atoms with Crippen molar-refractivity contribution in [2.75, 3.05) is 12.4 Å². The van der Waals surface area contributed by atoms with Crippen molar-refractivity contribution in [1.29, 1.82) is 0 Å². The Balaban J connectivity index is 2.06. The number of ether oxygens (including phenoxy) is 1. The van der Waals surface area contributed by atoms with E-state index in [0.717, 1.165) is 42.3 Å². The topological polar surface area (TPSA) is 43.4 Å². The maximum absolute atomic E-state index is 11.5. The first-order valence-corrected chi connectivity index (χ1v) is 9.97. The van der Waals surface area contributed by atoms with Gasteiger partial charge in [0.1, 0.15) is 5.75 Å². The summed E-state index contributed by atoms with van der Waals surface area (Å²) in [5.74, 6) is 0.753. The van der Waals surface area contributed by atoms with Crippen molar-refractivity contribution in [1.82, 2.24) is 0 Å². The van der Waals surface area contributed by atoms with Gasteiger partial charge in [0, 0.05) is 20.6 Å². The molecule has 3 nitrogen and oxygen atoms in total. The summed E-state index contributed by atoms with van der Waals surface area (Å²) in [5.41, 5.74) is -0.341. The molecule has 0 unspecified atom stereocenters.